The fourth-order valence-corrected chi connectivity index (χ4v) is 3.66. The van der Waals surface area contributed by atoms with Crippen LogP contribution in [0.3, 0.4) is 0 Å². The van der Waals surface area contributed by atoms with Gasteiger partial charge in [0.25, 0.3) is 0 Å². The minimum Gasteiger partial charge on any atom is -0.440 e. The Balaban J connectivity index is 1.49. The number of thiazole rings is 1. The molecule has 1 aromatic heterocycles. The van der Waals surface area contributed by atoms with Crippen LogP contribution in [0.1, 0.15) is 19.3 Å². The van der Waals surface area contributed by atoms with Crippen molar-refractivity contribution < 1.29 is 14.3 Å². The number of amides is 2. The van der Waals surface area contributed by atoms with Gasteiger partial charge in [0.15, 0.2) is 5.13 Å². The zero-order valence-electron chi connectivity index (χ0n) is 12.6. The Morgan fingerprint density at radius 3 is 3.09 bits per heavy atom. The number of nitrogens with one attached hydrogen (secondary N) is 1. The molecule has 1 N–H and O–H groups in total. The maximum atomic E-state index is 11.9. The van der Waals surface area contributed by atoms with E-state index in [0.29, 0.717) is 31.2 Å². The number of rotatable bonds is 4. The van der Waals surface area contributed by atoms with Crippen molar-refractivity contribution in [3.05, 3.63) is 11.6 Å². The minimum absolute atomic E-state index is 0.0323. The quantitative estimate of drug-likeness (QED) is 0.906. The van der Waals surface area contributed by atoms with Gasteiger partial charge < -0.3 is 15.0 Å². The molecule has 0 bridgehead atoms. The summed E-state index contributed by atoms with van der Waals surface area (Å²) in [5.41, 5.74) is -0.393. The van der Waals surface area contributed by atoms with Gasteiger partial charge in [0, 0.05) is 38.1 Å². The van der Waals surface area contributed by atoms with E-state index in [1.54, 1.807) is 18.1 Å². The molecule has 2 aliphatic rings. The van der Waals surface area contributed by atoms with Gasteiger partial charge in [-0.15, -0.1) is 11.3 Å². The Labute approximate surface area is 133 Å². The Hall–Kier alpha value is -1.67. The summed E-state index contributed by atoms with van der Waals surface area (Å²) in [6.07, 6.45) is 3.71. The molecule has 8 heteroatoms. The molecule has 0 aromatic carbocycles. The second-order valence-electron chi connectivity index (χ2n) is 5.92. The smallest absolute Gasteiger partial charge is 0.410 e. The lowest BCUT2D eigenvalue weighted by atomic mass is 9.92. The second-order valence-corrected chi connectivity index (χ2v) is 6.82. The summed E-state index contributed by atoms with van der Waals surface area (Å²) in [5.74, 6) is -0.0323. The zero-order valence-corrected chi connectivity index (χ0v) is 13.4. The van der Waals surface area contributed by atoms with Gasteiger partial charge in [0.05, 0.1) is 6.54 Å². The number of carbonyl (C=O) groups excluding carboxylic acids is 2. The van der Waals surface area contributed by atoms with Crippen LogP contribution in [-0.2, 0) is 9.53 Å². The summed E-state index contributed by atoms with van der Waals surface area (Å²) >= 11 is 1.41. The van der Waals surface area contributed by atoms with Crippen LogP contribution >= 0.6 is 11.3 Å². The molecule has 0 unspecified atom stereocenters. The number of aromatic nitrogens is 1. The van der Waals surface area contributed by atoms with Crippen molar-refractivity contribution in [2.24, 2.45) is 0 Å². The van der Waals surface area contributed by atoms with E-state index in [1.807, 2.05) is 5.38 Å². The molecule has 2 saturated heterocycles. The number of hydrogen-bond acceptors (Lipinski definition) is 6. The molecule has 7 nitrogen and oxygen atoms in total. The van der Waals surface area contributed by atoms with Gasteiger partial charge in [-0.25, -0.2) is 9.78 Å². The molecule has 0 saturated carbocycles. The van der Waals surface area contributed by atoms with Crippen molar-refractivity contribution in [2.75, 3.05) is 38.5 Å². The monoisotopic (exact) mass is 324 g/mol. The van der Waals surface area contributed by atoms with Crippen molar-refractivity contribution in [3.63, 3.8) is 0 Å². The third-order valence-corrected chi connectivity index (χ3v) is 4.78. The summed E-state index contributed by atoms with van der Waals surface area (Å²) in [6, 6.07) is 0. The van der Waals surface area contributed by atoms with Gasteiger partial charge in [-0.1, -0.05) is 0 Å². The van der Waals surface area contributed by atoms with Crippen LogP contribution < -0.4 is 5.32 Å². The lowest BCUT2D eigenvalue weighted by Gasteiger charge is -2.38. The van der Waals surface area contributed by atoms with Gasteiger partial charge in [0.2, 0.25) is 5.91 Å². The Morgan fingerprint density at radius 2 is 2.41 bits per heavy atom. The molecule has 0 aliphatic carbocycles. The molecule has 2 fully saturated rings. The van der Waals surface area contributed by atoms with Crippen molar-refractivity contribution in [1.29, 1.82) is 0 Å². The largest absolute Gasteiger partial charge is 0.440 e. The Morgan fingerprint density at radius 1 is 1.55 bits per heavy atom. The number of anilines is 1. The van der Waals surface area contributed by atoms with Crippen molar-refractivity contribution in [1.82, 2.24) is 14.8 Å². The normalized spacial score (nSPS) is 25.5. The van der Waals surface area contributed by atoms with Gasteiger partial charge in [0.1, 0.15) is 5.60 Å². The lowest BCUT2D eigenvalue weighted by Crippen LogP contribution is -2.50. The fourth-order valence-electron chi connectivity index (χ4n) is 3.11. The average Bonchev–Trinajstić information content (AvgIpc) is 3.06. The molecule has 1 aromatic rings. The molecule has 0 radical (unpaired) electrons. The van der Waals surface area contributed by atoms with Crippen LogP contribution in [0.15, 0.2) is 11.6 Å². The van der Waals surface area contributed by atoms with E-state index in [1.165, 1.54) is 11.3 Å². The number of piperidine rings is 1. The number of carbonyl (C=O) groups is 2. The fraction of sp³-hybridized carbons (Fsp3) is 0.643. The number of hydrogen-bond donors (Lipinski definition) is 1. The summed E-state index contributed by atoms with van der Waals surface area (Å²) in [4.78, 5) is 31.4. The highest BCUT2D eigenvalue weighted by atomic mass is 32.1. The highest BCUT2D eigenvalue weighted by molar-refractivity contribution is 7.13. The molecule has 1 spiro atoms. The van der Waals surface area contributed by atoms with Crippen molar-refractivity contribution in [2.45, 2.75) is 24.9 Å². The van der Waals surface area contributed by atoms with Crippen molar-refractivity contribution >= 4 is 28.5 Å². The van der Waals surface area contributed by atoms with Gasteiger partial charge in [-0.05, 0) is 19.4 Å². The topological polar surface area (TPSA) is 74.8 Å². The first-order valence-electron chi connectivity index (χ1n) is 7.42. The van der Waals surface area contributed by atoms with Crippen LogP contribution in [0.4, 0.5) is 9.93 Å². The predicted molar refractivity (Wildman–Crippen MR) is 82.9 cm³/mol. The second kappa shape index (κ2) is 6.21. The molecule has 2 aliphatic heterocycles. The summed E-state index contributed by atoms with van der Waals surface area (Å²) in [5, 5.41) is 5.24. The first kappa shape index (κ1) is 15.2. The van der Waals surface area contributed by atoms with E-state index in [4.69, 9.17) is 4.74 Å². The molecular weight excluding hydrogens is 304 g/mol. The maximum absolute atomic E-state index is 11.9. The highest BCUT2D eigenvalue weighted by Gasteiger charge is 2.46. The molecular formula is C14H20N4O3S. The molecule has 3 heterocycles. The molecule has 22 heavy (non-hydrogen) atoms. The van der Waals surface area contributed by atoms with E-state index < -0.39 is 5.60 Å². The van der Waals surface area contributed by atoms with Crippen LogP contribution in [0.25, 0.3) is 0 Å². The number of likely N-dealkylation sites (tertiary alicyclic amines) is 1. The summed E-state index contributed by atoms with van der Waals surface area (Å²) in [6.45, 7) is 2.94. The van der Waals surface area contributed by atoms with Gasteiger partial charge >= 0.3 is 6.09 Å². The first-order chi connectivity index (χ1) is 10.6. The van der Waals surface area contributed by atoms with Crippen LogP contribution in [0, 0.1) is 0 Å². The van der Waals surface area contributed by atoms with Gasteiger partial charge in [-0.2, -0.15) is 0 Å². The highest BCUT2D eigenvalue weighted by Crippen LogP contribution is 2.31. The summed E-state index contributed by atoms with van der Waals surface area (Å²) < 4.78 is 5.56. The van der Waals surface area contributed by atoms with E-state index in [0.717, 1.165) is 19.4 Å². The number of likely N-dealkylation sites (N-methyl/N-ethyl adjacent to an activating group) is 1. The minimum atomic E-state index is -0.393. The van der Waals surface area contributed by atoms with Crippen LogP contribution in [0.2, 0.25) is 0 Å². The first-order valence-corrected chi connectivity index (χ1v) is 8.30. The van der Waals surface area contributed by atoms with E-state index >= 15 is 0 Å². The molecule has 1 atom stereocenters. The van der Waals surface area contributed by atoms with E-state index in [-0.39, 0.29) is 12.0 Å². The predicted octanol–water partition coefficient (Wildman–Crippen LogP) is 1.39. The molecule has 2 amide bonds. The van der Waals surface area contributed by atoms with Crippen LogP contribution in [0.5, 0.6) is 0 Å². The molecule has 3 rings (SSSR count). The summed E-state index contributed by atoms with van der Waals surface area (Å²) in [7, 11) is 1.76. The number of nitrogens with zero attached hydrogens (tertiary/aromatic N) is 3. The van der Waals surface area contributed by atoms with E-state index in [9.17, 15) is 9.59 Å². The van der Waals surface area contributed by atoms with E-state index in [2.05, 4.69) is 15.2 Å². The third kappa shape index (κ3) is 3.38. The average molecular weight is 324 g/mol. The van der Waals surface area contributed by atoms with Gasteiger partial charge in [-0.3, -0.25) is 9.69 Å². The Kier molecular flexibility index (Phi) is 4.30. The maximum Gasteiger partial charge on any atom is 0.410 e. The molecule has 120 valence electrons. The van der Waals surface area contributed by atoms with Crippen LogP contribution in [-0.4, -0.2) is 65.6 Å². The zero-order chi connectivity index (χ0) is 15.6. The number of ether oxygens (including phenoxy) is 1. The Bertz CT molecular complexity index is 550. The lowest BCUT2D eigenvalue weighted by molar-refractivity contribution is -0.116. The van der Waals surface area contributed by atoms with Crippen molar-refractivity contribution in [3.8, 4) is 0 Å². The third-order valence-electron chi connectivity index (χ3n) is 4.09. The SMILES string of the molecule is CN1C[C@@]2(CCCN(CCC(=O)Nc3nccs3)C2)OC1=O. The standard InChI is InChI=1S/C14H20N4O3S/c1-17-9-14(21-13(17)20)4-2-6-18(10-14)7-3-11(19)16-12-15-5-8-22-12/h5,8H,2-4,6-7,9-10H2,1H3,(H,15,16,19)/t14-/m1/s1.